The standard InChI is InChI=1S/C14H25NO2/c1-14(2,3)10-4-6-11(7-5-10)15-12-8-9-17-13(12)16/h10-12,15H,4-9H2,1-3H3. The molecule has 0 amide bonds. The quantitative estimate of drug-likeness (QED) is 0.752. The predicted molar refractivity (Wildman–Crippen MR) is 67.7 cm³/mol. The molecule has 0 aromatic rings. The van der Waals surface area contributed by atoms with Gasteiger partial charge >= 0.3 is 5.97 Å². The highest BCUT2D eigenvalue weighted by Crippen LogP contribution is 2.37. The molecule has 1 heterocycles. The zero-order valence-electron chi connectivity index (χ0n) is 11.3. The molecular formula is C14H25NO2. The predicted octanol–water partition coefficient (Wildman–Crippen LogP) is 2.50. The summed E-state index contributed by atoms with van der Waals surface area (Å²) in [7, 11) is 0. The smallest absolute Gasteiger partial charge is 0.323 e. The summed E-state index contributed by atoms with van der Waals surface area (Å²) in [6, 6.07) is 0.482. The summed E-state index contributed by atoms with van der Waals surface area (Å²) >= 11 is 0. The zero-order chi connectivity index (χ0) is 12.5. The average molecular weight is 239 g/mol. The third kappa shape index (κ3) is 3.21. The number of hydrogen-bond donors (Lipinski definition) is 1. The lowest BCUT2D eigenvalue weighted by Crippen LogP contribution is -2.43. The van der Waals surface area contributed by atoms with Crippen LogP contribution in [0.3, 0.4) is 0 Å². The van der Waals surface area contributed by atoms with Crippen molar-refractivity contribution in [2.75, 3.05) is 6.61 Å². The Morgan fingerprint density at radius 2 is 1.76 bits per heavy atom. The second-order valence-electron chi connectivity index (χ2n) is 6.59. The number of carbonyl (C=O) groups excluding carboxylic acids is 1. The number of nitrogens with one attached hydrogen (secondary N) is 1. The lowest BCUT2D eigenvalue weighted by molar-refractivity contribution is -0.139. The van der Waals surface area contributed by atoms with Crippen LogP contribution in [-0.4, -0.2) is 24.7 Å². The summed E-state index contributed by atoms with van der Waals surface area (Å²) in [6.45, 7) is 7.59. The second-order valence-corrected chi connectivity index (χ2v) is 6.59. The van der Waals surface area contributed by atoms with Crippen LogP contribution in [0.2, 0.25) is 0 Å². The lowest BCUT2D eigenvalue weighted by Gasteiger charge is -2.37. The Balaban J connectivity index is 1.77. The highest BCUT2D eigenvalue weighted by atomic mass is 16.5. The first-order valence-electron chi connectivity index (χ1n) is 6.89. The van der Waals surface area contributed by atoms with E-state index in [0.717, 1.165) is 12.3 Å². The van der Waals surface area contributed by atoms with Gasteiger partial charge in [-0.2, -0.15) is 0 Å². The Hall–Kier alpha value is -0.570. The van der Waals surface area contributed by atoms with Crippen LogP contribution in [-0.2, 0) is 9.53 Å². The lowest BCUT2D eigenvalue weighted by atomic mass is 9.71. The topological polar surface area (TPSA) is 38.3 Å². The fourth-order valence-corrected chi connectivity index (χ4v) is 3.06. The molecular weight excluding hydrogens is 214 g/mol. The molecule has 0 aromatic carbocycles. The van der Waals surface area contributed by atoms with E-state index < -0.39 is 0 Å². The van der Waals surface area contributed by atoms with Gasteiger partial charge in [-0.05, 0) is 37.0 Å². The minimum Gasteiger partial charge on any atom is -0.464 e. The van der Waals surface area contributed by atoms with Crippen LogP contribution in [0.4, 0.5) is 0 Å². The van der Waals surface area contributed by atoms with E-state index in [4.69, 9.17) is 4.74 Å². The normalized spacial score (nSPS) is 34.8. The molecule has 1 aliphatic carbocycles. The number of cyclic esters (lactones) is 1. The fraction of sp³-hybridized carbons (Fsp3) is 0.929. The summed E-state index contributed by atoms with van der Waals surface area (Å²) in [5, 5.41) is 3.47. The molecule has 0 radical (unpaired) electrons. The molecule has 2 rings (SSSR count). The first-order chi connectivity index (χ1) is 7.97. The molecule has 1 N–H and O–H groups in total. The molecule has 0 spiro atoms. The maximum absolute atomic E-state index is 11.4. The summed E-state index contributed by atoms with van der Waals surface area (Å²) in [5.74, 6) is 0.777. The highest BCUT2D eigenvalue weighted by Gasteiger charge is 2.33. The second kappa shape index (κ2) is 4.97. The van der Waals surface area contributed by atoms with Crippen molar-refractivity contribution in [1.82, 2.24) is 5.32 Å². The molecule has 98 valence electrons. The van der Waals surface area contributed by atoms with Crippen molar-refractivity contribution in [3.05, 3.63) is 0 Å². The van der Waals surface area contributed by atoms with Crippen LogP contribution < -0.4 is 5.32 Å². The molecule has 1 unspecified atom stereocenters. The van der Waals surface area contributed by atoms with Crippen molar-refractivity contribution in [2.45, 2.75) is 65.0 Å². The van der Waals surface area contributed by atoms with Gasteiger partial charge in [0.25, 0.3) is 0 Å². The van der Waals surface area contributed by atoms with Crippen molar-refractivity contribution in [1.29, 1.82) is 0 Å². The van der Waals surface area contributed by atoms with Gasteiger partial charge in [-0.15, -0.1) is 0 Å². The maximum atomic E-state index is 11.4. The minimum absolute atomic E-state index is 0.0359. The molecule has 1 atom stereocenters. The van der Waals surface area contributed by atoms with Gasteiger partial charge in [0.2, 0.25) is 0 Å². The average Bonchev–Trinajstić information content (AvgIpc) is 2.64. The first-order valence-corrected chi connectivity index (χ1v) is 6.89. The Labute approximate surface area is 104 Å². The third-order valence-corrected chi connectivity index (χ3v) is 4.32. The molecule has 0 bridgehead atoms. The van der Waals surface area contributed by atoms with Gasteiger partial charge in [0.15, 0.2) is 0 Å². The minimum atomic E-state index is -0.0528. The number of rotatable bonds is 2. The van der Waals surface area contributed by atoms with E-state index in [0.29, 0.717) is 18.1 Å². The molecule has 1 saturated heterocycles. The van der Waals surface area contributed by atoms with Crippen LogP contribution >= 0.6 is 0 Å². The Morgan fingerprint density at radius 3 is 2.24 bits per heavy atom. The molecule has 2 fully saturated rings. The van der Waals surface area contributed by atoms with E-state index in [1.54, 1.807) is 0 Å². The van der Waals surface area contributed by atoms with E-state index in [9.17, 15) is 4.79 Å². The number of esters is 1. The molecule has 0 aromatic heterocycles. The van der Waals surface area contributed by atoms with E-state index in [2.05, 4.69) is 26.1 Å². The summed E-state index contributed by atoms with van der Waals surface area (Å²) in [5.41, 5.74) is 0.428. The molecule has 3 heteroatoms. The van der Waals surface area contributed by atoms with Crippen molar-refractivity contribution in [3.8, 4) is 0 Å². The monoisotopic (exact) mass is 239 g/mol. The fourth-order valence-electron chi connectivity index (χ4n) is 3.06. The van der Waals surface area contributed by atoms with Crippen molar-refractivity contribution in [2.24, 2.45) is 11.3 Å². The van der Waals surface area contributed by atoms with Gasteiger partial charge in [-0.3, -0.25) is 4.79 Å². The van der Waals surface area contributed by atoms with Crippen LogP contribution in [0.25, 0.3) is 0 Å². The van der Waals surface area contributed by atoms with Crippen LogP contribution in [0, 0.1) is 11.3 Å². The Kier molecular flexibility index (Phi) is 3.76. The van der Waals surface area contributed by atoms with Crippen molar-refractivity contribution < 1.29 is 9.53 Å². The third-order valence-electron chi connectivity index (χ3n) is 4.32. The summed E-state index contributed by atoms with van der Waals surface area (Å²) < 4.78 is 4.98. The molecule has 17 heavy (non-hydrogen) atoms. The summed E-state index contributed by atoms with van der Waals surface area (Å²) in [6.07, 6.45) is 5.81. The molecule has 2 aliphatic rings. The zero-order valence-corrected chi connectivity index (χ0v) is 11.3. The Morgan fingerprint density at radius 1 is 1.12 bits per heavy atom. The number of hydrogen-bond acceptors (Lipinski definition) is 3. The highest BCUT2D eigenvalue weighted by molar-refractivity contribution is 5.77. The van der Waals surface area contributed by atoms with Crippen LogP contribution in [0.1, 0.15) is 52.9 Å². The largest absolute Gasteiger partial charge is 0.464 e. The molecule has 1 aliphatic heterocycles. The SMILES string of the molecule is CC(C)(C)C1CCC(NC2CCOC2=O)CC1. The van der Waals surface area contributed by atoms with Gasteiger partial charge in [-0.25, -0.2) is 0 Å². The van der Waals surface area contributed by atoms with Crippen molar-refractivity contribution in [3.63, 3.8) is 0 Å². The van der Waals surface area contributed by atoms with E-state index in [-0.39, 0.29) is 12.0 Å². The van der Waals surface area contributed by atoms with Crippen LogP contribution in [0.15, 0.2) is 0 Å². The van der Waals surface area contributed by atoms with Gasteiger partial charge in [0, 0.05) is 12.5 Å². The van der Waals surface area contributed by atoms with Crippen molar-refractivity contribution >= 4 is 5.97 Å². The van der Waals surface area contributed by atoms with Crippen LogP contribution in [0.5, 0.6) is 0 Å². The summed E-state index contributed by atoms with van der Waals surface area (Å²) in [4.78, 5) is 11.4. The van der Waals surface area contributed by atoms with E-state index in [1.165, 1.54) is 25.7 Å². The van der Waals surface area contributed by atoms with E-state index in [1.807, 2.05) is 0 Å². The maximum Gasteiger partial charge on any atom is 0.323 e. The molecule has 3 nitrogen and oxygen atoms in total. The number of carbonyl (C=O) groups is 1. The van der Waals surface area contributed by atoms with Gasteiger partial charge in [0.1, 0.15) is 6.04 Å². The molecule has 1 saturated carbocycles. The van der Waals surface area contributed by atoms with Gasteiger partial charge in [-0.1, -0.05) is 20.8 Å². The van der Waals surface area contributed by atoms with Gasteiger partial charge < -0.3 is 10.1 Å². The number of ether oxygens (including phenoxy) is 1. The van der Waals surface area contributed by atoms with Gasteiger partial charge in [0.05, 0.1) is 6.61 Å². The Bertz CT molecular complexity index is 274. The van der Waals surface area contributed by atoms with E-state index >= 15 is 0 Å². The first kappa shape index (κ1) is 12.9.